The maximum atomic E-state index is 2.76. The fourth-order valence-corrected chi connectivity index (χ4v) is 9.96. The molecule has 9 atom stereocenters. The van der Waals surface area contributed by atoms with Crippen LogP contribution < -0.4 is 0 Å². The third kappa shape index (κ3) is 4.69. The lowest BCUT2D eigenvalue weighted by atomic mass is 9.44. The Bertz CT molecular complexity index is 561. The molecule has 8 unspecified atom stereocenters. The SMILES string of the molecule is C.CCC(CCC(C)[C@H]1CCC2C3CCC4CCCCC4(C)C3CCC21C)C(C)C.[2HH].[B]. The van der Waals surface area contributed by atoms with E-state index in [9.17, 15) is 0 Å². The minimum atomic E-state index is 0. The predicted octanol–water partition coefficient (Wildman–Crippen LogP) is 9.64. The maximum Gasteiger partial charge on any atom is 0 e. The van der Waals surface area contributed by atoms with Crippen molar-refractivity contribution < 1.29 is 1.43 Å². The van der Waals surface area contributed by atoms with Crippen LogP contribution in [-0.4, -0.2) is 8.41 Å². The van der Waals surface area contributed by atoms with Crippen molar-refractivity contribution in [3.63, 3.8) is 0 Å². The highest BCUT2D eigenvalue weighted by Crippen LogP contribution is 2.68. The molecule has 0 saturated heterocycles. The van der Waals surface area contributed by atoms with E-state index in [0.717, 1.165) is 47.3 Å². The van der Waals surface area contributed by atoms with Crippen molar-refractivity contribution >= 4 is 8.41 Å². The molecule has 0 nitrogen and oxygen atoms in total. The Kier molecular flexibility index (Phi) is 9.29. The van der Waals surface area contributed by atoms with E-state index in [1.807, 2.05) is 0 Å². The van der Waals surface area contributed by atoms with Gasteiger partial charge in [-0.15, -0.1) is 0 Å². The lowest BCUT2D eigenvalue weighted by Gasteiger charge is -2.61. The molecule has 0 amide bonds. The van der Waals surface area contributed by atoms with Crippen molar-refractivity contribution in [3.05, 3.63) is 0 Å². The van der Waals surface area contributed by atoms with E-state index in [0.29, 0.717) is 10.8 Å². The highest BCUT2D eigenvalue weighted by molar-refractivity contribution is 5.75. The van der Waals surface area contributed by atoms with Gasteiger partial charge < -0.3 is 0 Å². The second-order valence-corrected chi connectivity index (χ2v) is 13.1. The number of hydrogen-bond donors (Lipinski definition) is 0. The molecule has 0 aromatic heterocycles. The zero-order valence-corrected chi connectivity index (χ0v) is 21.4. The fraction of sp³-hybridized carbons (Fsp3) is 1.00. The summed E-state index contributed by atoms with van der Waals surface area (Å²) in [5.41, 5.74) is 1.37. The predicted molar refractivity (Wildman–Crippen MR) is 141 cm³/mol. The molecule has 0 heterocycles. The normalized spacial score (nSPS) is 43.6. The van der Waals surface area contributed by atoms with Gasteiger partial charge in [0.25, 0.3) is 0 Å². The zero-order chi connectivity index (χ0) is 20.8. The van der Waals surface area contributed by atoms with E-state index >= 15 is 0 Å². The van der Waals surface area contributed by atoms with E-state index in [-0.39, 0.29) is 17.3 Å². The first kappa shape index (κ1) is 27.3. The third-order valence-corrected chi connectivity index (χ3v) is 11.8. The maximum absolute atomic E-state index is 2.76. The molecule has 0 spiro atoms. The molecule has 4 aliphatic carbocycles. The van der Waals surface area contributed by atoms with Gasteiger partial charge in [-0.3, -0.25) is 0 Å². The first-order valence-electron chi connectivity index (χ1n) is 13.8. The molecule has 0 aromatic rings. The summed E-state index contributed by atoms with van der Waals surface area (Å²) in [6.45, 7) is 15.4. The van der Waals surface area contributed by atoms with Crippen molar-refractivity contribution in [2.45, 2.75) is 132 Å². The Labute approximate surface area is 200 Å². The Morgan fingerprint density at radius 2 is 1.52 bits per heavy atom. The second kappa shape index (κ2) is 10.6. The van der Waals surface area contributed by atoms with Crippen molar-refractivity contribution in [1.29, 1.82) is 0 Å². The number of fused-ring (bicyclic) bond motifs is 5. The summed E-state index contributed by atoms with van der Waals surface area (Å²) < 4.78 is 0. The van der Waals surface area contributed by atoms with Crippen LogP contribution in [0.25, 0.3) is 0 Å². The van der Waals surface area contributed by atoms with Crippen LogP contribution in [0.5, 0.6) is 0 Å². The molecule has 0 N–H and O–H groups in total. The highest BCUT2D eigenvalue weighted by Gasteiger charge is 2.60. The first-order valence-corrected chi connectivity index (χ1v) is 13.8. The van der Waals surface area contributed by atoms with E-state index in [1.165, 1.54) is 32.1 Å². The van der Waals surface area contributed by atoms with Crippen LogP contribution in [0.1, 0.15) is 134 Å². The van der Waals surface area contributed by atoms with Crippen LogP contribution in [0.15, 0.2) is 0 Å². The summed E-state index contributed by atoms with van der Waals surface area (Å²) in [5, 5.41) is 0. The fourth-order valence-electron chi connectivity index (χ4n) is 9.96. The van der Waals surface area contributed by atoms with Gasteiger partial charge in [-0.25, -0.2) is 0 Å². The summed E-state index contributed by atoms with van der Waals surface area (Å²) in [6, 6.07) is 0. The van der Waals surface area contributed by atoms with Crippen molar-refractivity contribution in [3.8, 4) is 0 Å². The average Bonchev–Trinajstić information content (AvgIpc) is 3.05. The van der Waals surface area contributed by atoms with Crippen molar-refractivity contribution in [2.75, 3.05) is 0 Å². The van der Waals surface area contributed by atoms with E-state index < -0.39 is 0 Å². The number of hydrogen-bond acceptors (Lipinski definition) is 0. The minimum Gasteiger partial charge on any atom is -0.0776 e. The average molecular weight is 431 g/mol. The van der Waals surface area contributed by atoms with Gasteiger partial charge in [0.1, 0.15) is 0 Å². The molecule has 0 aliphatic heterocycles. The molecule has 0 bridgehead atoms. The van der Waals surface area contributed by atoms with Crippen LogP contribution in [-0.2, 0) is 0 Å². The highest BCUT2D eigenvalue weighted by atomic mass is 14.6. The van der Waals surface area contributed by atoms with Crippen LogP contribution in [0.2, 0.25) is 0 Å². The Morgan fingerprint density at radius 3 is 2.19 bits per heavy atom. The Morgan fingerprint density at radius 1 is 0.806 bits per heavy atom. The molecule has 4 aliphatic rings. The molecular weight excluding hydrogens is 371 g/mol. The molecule has 0 aromatic carbocycles. The zero-order valence-electron chi connectivity index (χ0n) is 21.4. The van der Waals surface area contributed by atoms with Crippen molar-refractivity contribution in [2.24, 2.45) is 58.2 Å². The van der Waals surface area contributed by atoms with Crippen LogP contribution >= 0.6 is 0 Å². The topological polar surface area (TPSA) is 0 Å². The molecule has 4 fully saturated rings. The third-order valence-electron chi connectivity index (χ3n) is 11.8. The van der Waals surface area contributed by atoms with Gasteiger partial charge >= 0.3 is 0 Å². The van der Waals surface area contributed by atoms with Crippen molar-refractivity contribution in [1.82, 2.24) is 0 Å². The van der Waals surface area contributed by atoms with Gasteiger partial charge in [0.15, 0.2) is 0 Å². The molecule has 3 radical (unpaired) electrons. The number of rotatable bonds is 6. The van der Waals surface area contributed by atoms with E-state index in [4.69, 9.17) is 0 Å². The summed E-state index contributed by atoms with van der Waals surface area (Å²) in [6.07, 6.45) is 19.8. The van der Waals surface area contributed by atoms with Crippen LogP contribution in [0, 0.1) is 58.2 Å². The molecule has 1 heteroatoms. The van der Waals surface area contributed by atoms with Gasteiger partial charge in [-0.2, -0.15) is 0 Å². The largest absolute Gasteiger partial charge is 0.0776 e. The molecular formula is C30H58B. The minimum absolute atomic E-state index is 0. The standard InChI is InChI=1S/C29H52.CH4.B.H2/c1-7-22(20(2)3)12-11-21(4)25-15-16-26-24-14-13-23-10-8-9-18-28(23,5)27(24)17-19-29(25,26)6;;;/h20-27H,7-19H2,1-6H3;1H4;;1H/t21?,22?,23?,24?,25-,26?,27?,28?,29?;;;/m1.../s1/i;;;1+1. The van der Waals surface area contributed by atoms with Gasteiger partial charge in [-0.05, 0) is 116 Å². The molecule has 181 valence electrons. The smallest absolute Gasteiger partial charge is 0 e. The van der Waals surface area contributed by atoms with Crippen LogP contribution in [0.4, 0.5) is 0 Å². The van der Waals surface area contributed by atoms with Crippen LogP contribution in [0.3, 0.4) is 0 Å². The molecule has 4 rings (SSSR count). The monoisotopic (exact) mass is 430 g/mol. The second-order valence-electron chi connectivity index (χ2n) is 13.1. The van der Waals surface area contributed by atoms with Gasteiger partial charge in [-0.1, -0.05) is 74.7 Å². The molecule has 4 saturated carbocycles. The summed E-state index contributed by atoms with van der Waals surface area (Å²) in [7, 11) is 0. The van der Waals surface area contributed by atoms with E-state index in [1.54, 1.807) is 51.4 Å². The van der Waals surface area contributed by atoms with Gasteiger partial charge in [0, 0.05) is 9.84 Å². The summed E-state index contributed by atoms with van der Waals surface area (Å²) >= 11 is 0. The lowest BCUT2D eigenvalue weighted by Crippen LogP contribution is -2.53. The Balaban J connectivity index is 0.00000171. The Hall–Kier alpha value is 0.0649. The first-order chi connectivity index (χ1) is 13.8. The van der Waals surface area contributed by atoms with Gasteiger partial charge in [0.05, 0.1) is 0 Å². The summed E-state index contributed by atoms with van der Waals surface area (Å²) in [5.74, 6) is 8.02. The van der Waals surface area contributed by atoms with Gasteiger partial charge in [0.2, 0.25) is 0 Å². The molecule has 31 heavy (non-hydrogen) atoms. The van der Waals surface area contributed by atoms with E-state index in [2.05, 4.69) is 41.5 Å². The lowest BCUT2D eigenvalue weighted by molar-refractivity contribution is -0.114. The quantitative estimate of drug-likeness (QED) is 0.368. The summed E-state index contributed by atoms with van der Waals surface area (Å²) in [4.78, 5) is 0.